The average Bonchev–Trinajstić information content (AvgIpc) is 2.69. The third kappa shape index (κ3) is 4.46. The summed E-state index contributed by atoms with van der Waals surface area (Å²) in [6.45, 7) is 1.59. The zero-order valence-electron chi connectivity index (χ0n) is 15.2. The van der Waals surface area contributed by atoms with Gasteiger partial charge in [0, 0.05) is 12.2 Å². The zero-order valence-corrected chi connectivity index (χ0v) is 15.2. The van der Waals surface area contributed by atoms with Crippen molar-refractivity contribution in [1.82, 2.24) is 0 Å². The lowest BCUT2D eigenvalue weighted by molar-refractivity contribution is -0.150. The Balaban J connectivity index is 1.54. The molecule has 0 saturated carbocycles. The molecule has 1 N–H and O–H groups in total. The molecular weight excluding hydrogens is 367 g/mol. The quantitative estimate of drug-likeness (QED) is 0.771. The topological polar surface area (TPSA) is 84.9 Å². The number of carbonyl (C=O) groups is 3. The van der Waals surface area contributed by atoms with Crippen LogP contribution >= 0.6 is 0 Å². The van der Waals surface area contributed by atoms with Crippen LogP contribution in [0.2, 0.25) is 0 Å². The molecule has 0 spiro atoms. The minimum Gasteiger partial charge on any atom is -0.478 e. The van der Waals surface area contributed by atoms with Gasteiger partial charge in [-0.2, -0.15) is 0 Å². The monoisotopic (exact) mass is 386 g/mol. The highest BCUT2D eigenvalue weighted by Crippen LogP contribution is 2.29. The predicted molar refractivity (Wildman–Crippen MR) is 99.5 cm³/mol. The number of nitrogens with one attached hydrogen (secondary N) is 1. The van der Waals surface area contributed by atoms with E-state index in [1.807, 2.05) is 0 Å². The fourth-order valence-electron chi connectivity index (χ4n) is 2.78. The van der Waals surface area contributed by atoms with Crippen LogP contribution in [0, 0.1) is 5.82 Å². The Labute approximate surface area is 161 Å². The lowest BCUT2D eigenvalue weighted by Gasteiger charge is -2.25. The standard InChI is InChI=1S/C20H19FN2O5/c1-2-23(14-9-7-13(21)8-10-14)18(24)12-27-19(25)11-17-20(26)22-15-5-3-4-6-16(15)28-17/h3-10,17H,2,11-12H2,1H3,(H,22,26)/t17-/m0/s1. The fraction of sp³-hybridized carbons (Fsp3) is 0.250. The van der Waals surface area contributed by atoms with Gasteiger partial charge in [0.15, 0.2) is 12.7 Å². The molecule has 8 heteroatoms. The van der Waals surface area contributed by atoms with E-state index in [2.05, 4.69) is 5.32 Å². The maximum atomic E-state index is 13.0. The number of halogens is 1. The molecule has 1 aliphatic heterocycles. The van der Waals surface area contributed by atoms with Crippen molar-refractivity contribution in [3.8, 4) is 5.75 Å². The van der Waals surface area contributed by atoms with Crippen molar-refractivity contribution in [2.75, 3.05) is 23.4 Å². The Kier molecular flexibility index (Phi) is 5.88. The molecule has 28 heavy (non-hydrogen) atoms. The van der Waals surface area contributed by atoms with Crippen molar-refractivity contribution in [2.24, 2.45) is 0 Å². The molecule has 0 bridgehead atoms. The maximum absolute atomic E-state index is 13.0. The second-order valence-electron chi connectivity index (χ2n) is 6.07. The Bertz CT molecular complexity index is 884. The Morgan fingerprint density at radius 2 is 1.89 bits per heavy atom. The molecule has 0 fully saturated rings. The predicted octanol–water partition coefficient (Wildman–Crippen LogP) is 2.51. The van der Waals surface area contributed by atoms with Crippen LogP contribution in [0.3, 0.4) is 0 Å². The van der Waals surface area contributed by atoms with Crippen molar-refractivity contribution in [3.05, 3.63) is 54.3 Å². The first-order valence-electron chi connectivity index (χ1n) is 8.76. The highest BCUT2D eigenvalue weighted by molar-refractivity contribution is 6.00. The Hall–Kier alpha value is -3.42. The Morgan fingerprint density at radius 3 is 2.61 bits per heavy atom. The molecule has 1 aliphatic rings. The van der Waals surface area contributed by atoms with Gasteiger partial charge in [-0.15, -0.1) is 0 Å². The summed E-state index contributed by atoms with van der Waals surface area (Å²) < 4.78 is 23.6. The number of nitrogens with zero attached hydrogens (tertiary/aromatic N) is 1. The minimum atomic E-state index is -1.03. The summed E-state index contributed by atoms with van der Waals surface area (Å²) in [5, 5.41) is 2.66. The zero-order chi connectivity index (χ0) is 20.1. The summed E-state index contributed by atoms with van der Waals surface area (Å²) >= 11 is 0. The largest absolute Gasteiger partial charge is 0.478 e. The molecule has 0 aromatic heterocycles. The van der Waals surface area contributed by atoms with Crippen LogP contribution in [-0.4, -0.2) is 37.0 Å². The summed E-state index contributed by atoms with van der Waals surface area (Å²) in [7, 11) is 0. The number of hydrogen-bond acceptors (Lipinski definition) is 5. The van der Waals surface area contributed by atoms with Gasteiger partial charge in [0.25, 0.3) is 11.8 Å². The molecule has 2 amide bonds. The number of hydrogen-bond donors (Lipinski definition) is 1. The van der Waals surface area contributed by atoms with Crippen molar-refractivity contribution < 1.29 is 28.2 Å². The van der Waals surface area contributed by atoms with E-state index in [-0.39, 0.29) is 6.42 Å². The van der Waals surface area contributed by atoms with E-state index >= 15 is 0 Å². The maximum Gasteiger partial charge on any atom is 0.310 e. The fourth-order valence-corrected chi connectivity index (χ4v) is 2.78. The van der Waals surface area contributed by atoms with Gasteiger partial charge in [0.1, 0.15) is 11.6 Å². The summed E-state index contributed by atoms with van der Waals surface area (Å²) in [6.07, 6.45) is -1.35. The summed E-state index contributed by atoms with van der Waals surface area (Å²) in [5.41, 5.74) is 1.03. The van der Waals surface area contributed by atoms with E-state index in [4.69, 9.17) is 9.47 Å². The number of amides is 2. The second-order valence-corrected chi connectivity index (χ2v) is 6.07. The van der Waals surface area contributed by atoms with Crippen LogP contribution in [0.1, 0.15) is 13.3 Å². The smallest absolute Gasteiger partial charge is 0.310 e. The van der Waals surface area contributed by atoms with E-state index in [0.717, 1.165) is 0 Å². The van der Waals surface area contributed by atoms with Crippen LogP contribution in [0.5, 0.6) is 5.75 Å². The number of ether oxygens (including phenoxy) is 2. The number of anilines is 2. The van der Waals surface area contributed by atoms with Gasteiger partial charge in [0.2, 0.25) is 0 Å². The molecule has 2 aromatic carbocycles. The van der Waals surface area contributed by atoms with E-state index in [0.29, 0.717) is 23.7 Å². The highest BCUT2D eigenvalue weighted by Gasteiger charge is 2.30. The molecule has 0 unspecified atom stereocenters. The van der Waals surface area contributed by atoms with Crippen LogP contribution in [0.25, 0.3) is 0 Å². The van der Waals surface area contributed by atoms with Crippen LogP contribution < -0.4 is 15.0 Å². The number of likely N-dealkylation sites (N-methyl/N-ethyl adjacent to an activating group) is 1. The van der Waals surface area contributed by atoms with Crippen LogP contribution in [0.15, 0.2) is 48.5 Å². The number of para-hydroxylation sites is 2. The molecular formula is C20H19FN2O5. The summed E-state index contributed by atoms with van der Waals surface area (Å²) in [5.74, 6) is -1.59. The third-order valence-corrected chi connectivity index (χ3v) is 4.17. The van der Waals surface area contributed by atoms with Gasteiger partial charge in [-0.3, -0.25) is 14.4 Å². The van der Waals surface area contributed by atoms with Gasteiger partial charge in [0.05, 0.1) is 12.1 Å². The normalized spacial score (nSPS) is 15.1. The number of esters is 1. The number of rotatable bonds is 6. The van der Waals surface area contributed by atoms with Crippen molar-refractivity contribution in [2.45, 2.75) is 19.4 Å². The first-order chi connectivity index (χ1) is 13.5. The van der Waals surface area contributed by atoms with E-state index < -0.39 is 36.3 Å². The molecule has 2 aromatic rings. The third-order valence-electron chi connectivity index (χ3n) is 4.17. The summed E-state index contributed by atoms with van der Waals surface area (Å²) in [6, 6.07) is 12.3. The number of fused-ring (bicyclic) bond motifs is 1. The number of benzene rings is 2. The van der Waals surface area contributed by atoms with Gasteiger partial charge in [-0.05, 0) is 43.3 Å². The van der Waals surface area contributed by atoms with Gasteiger partial charge >= 0.3 is 5.97 Å². The molecule has 146 valence electrons. The second kappa shape index (κ2) is 8.51. The highest BCUT2D eigenvalue weighted by atomic mass is 19.1. The molecule has 0 radical (unpaired) electrons. The average molecular weight is 386 g/mol. The van der Waals surface area contributed by atoms with Crippen LogP contribution in [0.4, 0.5) is 15.8 Å². The van der Waals surface area contributed by atoms with Gasteiger partial charge < -0.3 is 19.7 Å². The first kappa shape index (κ1) is 19.3. The molecule has 3 rings (SSSR count). The van der Waals surface area contributed by atoms with Crippen LogP contribution in [-0.2, 0) is 19.1 Å². The van der Waals surface area contributed by atoms with E-state index in [1.165, 1.54) is 29.2 Å². The summed E-state index contributed by atoms with van der Waals surface area (Å²) in [4.78, 5) is 37.8. The molecule has 1 heterocycles. The SMILES string of the molecule is CCN(C(=O)COC(=O)C[C@@H]1Oc2ccccc2NC1=O)c1ccc(F)cc1. The van der Waals surface area contributed by atoms with E-state index in [9.17, 15) is 18.8 Å². The number of carbonyl (C=O) groups excluding carboxylic acids is 3. The van der Waals surface area contributed by atoms with Crippen molar-refractivity contribution in [1.29, 1.82) is 0 Å². The molecule has 0 saturated heterocycles. The van der Waals surface area contributed by atoms with E-state index in [1.54, 1.807) is 31.2 Å². The molecule has 7 nitrogen and oxygen atoms in total. The lowest BCUT2D eigenvalue weighted by Crippen LogP contribution is -2.39. The van der Waals surface area contributed by atoms with Gasteiger partial charge in [-0.25, -0.2) is 4.39 Å². The van der Waals surface area contributed by atoms with Crippen molar-refractivity contribution >= 4 is 29.2 Å². The molecule has 0 aliphatic carbocycles. The molecule has 1 atom stereocenters. The minimum absolute atomic E-state index is 0.323. The first-order valence-corrected chi connectivity index (χ1v) is 8.76. The lowest BCUT2D eigenvalue weighted by atomic mass is 10.1. The Morgan fingerprint density at radius 1 is 1.18 bits per heavy atom. The van der Waals surface area contributed by atoms with Crippen molar-refractivity contribution in [3.63, 3.8) is 0 Å². The van der Waals surface area contributed by atoms with Gasteiger partial charge in [-0.1, -0.05) is 12.1 Å².